The smallest absolute Gasteiger partial charge is 0.121 e. The number of benzene rings is 2. The lowest BCUT2D eigenvalue weighted by atomic mass is 9.99. The van der Waals surface area contributed by atoms with Crippen LogP contribution in [0.3, 0.4) is 0 Å². The standard InChI is InChI=1S/C25H30N2/c1-16(2)19-11-9-12-22-21-10-7-8-13-23(21)27(24(19)22)25-20(17(3)4)14-15-26(25)18(5)6/h7-18H,1-6H3. The molecule has 2 heteroatoms. The normalized spacial score (nSPS) is 12.3. The van der Waals surface area contributed by atoms with Crippen LogP contribution in [0.2, 0.25) is 0 Å². The highest BCUT2D eigenvalue weighted by molar-refractivity contribution is 6.10. The second kappa shape index (κ2) is 6.60. The summed E-state index contributed by atoms with van der Waals surface area (Å²) in [5, 5.41) is 2.68. The second-order valence-electron chi connectivity index (χ2n) is 8.50. The van der Waals surface area contributed by atoms with Crippen LogP contribution < -0.4 is 0 Å². The molecule has 0 atom stereocenters. The monoisotopic (exact) mass is 358 g/mol. The van der Waals surface area contributed by atoms with Gasteiger partial charge in [0.25, 0.3) is 0 Å². The van der Waals surface area contributed by atoms with Gasteiger partial charge in [-0.3, -0.25) is 4.57 Å². The summed E-state index contributed by atoms with van der Waals surface area (Å²) in [5.74, 6) is 2.27. The molecule has 0 aliphatic carbocycles. The molecule has 0 radical (unpaired) electrons. The quantitative estimate of drug-likeness (QED) is 0.359. The third-order valence-electron chi connectivity index (χ3n) is 5.66. The van der Waals surface area contributed by atoms with Gasteiger partial charge in [-0.15, -0.1) is 0 Å². The molecule has 0 saturated carbocycles. The molecule has 27 heavy (non-hydrogen) atoms. The molecule has 4 rings (SSSR count). The third kappa shape index (κ3) is 2.70. The first-order valence-electron chi connectivity index (χ1n) is 10.1. The molecule has 0 N–H and O–H groups in total. The second-order valence-corrected chi connectivity index (χ2v) is 8.50. The average Bonchev–Trinajstić information content (AvgIpc) is 3.20. The van der Waals surface area contributed by atoms with Gasteiger partial charge >= 0.3 is 0 Å². The molecule has 0 aliphatic rings. The van der Waals surface area contributed by atoms with Gasteiger partial charge in [0.1, 0.15) is 5.82 Å². The largest absolute Gasteiger partial charge is 0.331 e. The van der Waals surface area contributed by atoms with Gasteiger partial charge in [-0.1, -0.05) is 64.1 Å². The summed E-state index contributed by atoms with van der Waals surface area (Å²) in [6.07, 6.45) is 2.26. The maximum Gasteiger partial charge on any atom is 0.121 e. The highest BCUT2D eigenvalue weighted by Gasteiger charge is 2.22. The van der Waals surface area contributed by atoms with E-state index in [1.54, 1.807) is 0 Å². The van der Waals surface area contributed by atoms with E-state index in [0.29, 0.717) is 17.9 Å². The van der Waals surface area contributed by atoms with Crippen molar-refractivity contribution in [2.24, 2.45) is 0 Å². The number of hydrogen-bond donors (Lipinski definition) is 0. The summed E-state index contributed by atoms with van der Waals surface area (Å²) < 4.78 is 4.95. The summed E-state index contributed by atoms with van der Waals surface area (Å²) in [7, 11) is 0. The Labute approximate surface area is 162 Å². The number of para-hydroxylation sites is 2. The number of rotatable bonds is 4. The van der Waals surface area contributed by atoms with Gasteiger partial charge in [-0.05, 0) is 48.9 Å². The van der Waals surface area contributed by atoms with Gasteiger partial charge < -0.3 is 4.57 Å². The third-order valence-corrected chi connectivity index (χ3v) is 5.66. The van der Waals surface area contributed by atoms with Gasteiger partial charge in [0, 0.05) is 23.0 Å². The molecule has 0 bridgehead atoms. The van der Waals surface area contributed by atoms with Gasteiger partial charge in [0.05, 0.1) is 11.0 Å². The van der Waals surface area contributed by atoms with Gasteiger partial charge in [0.2, 0.25) is 0 Å². The van der Waals surface area contributed by atoms with Crippen molar-refractivity contribution in [1.29, 1.82) is 0 Å². The number of hydrogen-bond acceptors (Lipinski definition) is 0. The van der Waals surface area contributed by atoms with Crippen LogP contribution in [0.4, 0.5) is 0 Å². The van der Waals surface area contributed by atoms with Crippen molar-refractivity contribution >= 4 is 21.8 Å². The molecule has 2 aromatic carbocycles. The van der Waals surface area contributed by atoms with Gasteiger partial charge in [0.15, 0.2) is 0 Å². The Morgan fingerprint density at radius 3 is 2.00 bits per heavy atom. The van der Waals surface area contributed by atoms with Crippen molar-refractivity contribution in [3.63, 3.8) is 0 Å². The SMILES string of the molecule is CC(C)c1ccn(C(C)C)c1-n1c2ccccc2c2cccc(C(C)C)c21. The van der Waals surface area contributed by atoms with E-state index in [-0.39, 0.29) is 0 Å². The van der Waals surface area contributed by atoms with E-state index in [0.717, 1.165) is 0 Å². The van der Waals surface area contributed by atoms with Crippen LogP contribution in [0, 0.1) is 0 Å². The van der Waals surface area contributed by atoms with E-state index in [9.17, 15) is 0 Å². The van der Waals surface area contributed by atoms with E-state index in [4.69, 9.17) is 0 Å². The number of fused-ring (bicyclic) bond motifs is 3. The molecular weight excluding hydrogens is 328 g/mol. The maximum absolute atomic E-state index is 2.52. The fourth-order valence-electron chi connectivity index (χ4n) is 4.30. The molecule has 0 unspecified atom stereocenters. The zero-order chi connectivity index (χ0) is 19.3. The molecular formula is C25H30N2. The van der Waals surface area contributed by atoms with E-state index in [1.165, 1.54) is 38.8 Å². The van der Waals surface area contributed by atoms with E-state index in [2.05, 4.69) is 105 Å². The fraction of sp³-hybridized carbons (Fsp3) is 0.360. The fourth-order valence-corrected chi connectivity index (χ4v) is 4.30. The Balaban J connectivity index is 2.25. The van der Waals surface area contributed by atoms with Crippen molar-refractivity contribution in [3.05, 3.63) is 65.9 Å². The lowest BCUT2D eigenvalue weighted by Gasteiger charge is -2.20. The van der Waals surface area contributed by atoms with Crippen LogP contribution >= 0.6 is 0 Å². The Hall–Kier alpha value is -2.48. The molecule has 4 aromatic rings. The van der Waals surface area contributed by atoms with E-state index >= 15 is 0 Å². The Morgan fingerprint density at radius 1 is 0.667 bits per heavy atom. The number of aromatic nitrogens is 2. The Bertz CT molecular complexity index is 1080. The van der Waals surface area contributed by atoms with Gasteiger partial charge in [-0.25, -0.2) is 0 Å². The summed E-state index contributed by atoms with van der Waals surface area (Å²) in [4.78, 5) is 0. The predicted molar refractivity (Wildman–Crippen MR) is 117 cm³/mol. The maximum atomic E-state index is 2.52. The number of nitrogens with zero attached hydrogens (tertiary/aromatic N) is 2. The van der Waals surface area contributed by atoms with Crippen LogP contribution in [0.15, 0.2) is 54.7 Å². The van der Waals surface area contributed by atoms with Crippen molar-refractivity contribution in [1.82, 2.24) is 9.13 Å². The van der Waals surface area contributed by atoms with E-state index in [1.807, 2.05) is 0 Å². The van der Waals surface area contributed by atoms with Crippen molar-refractivity contribution in [3.8, 4) is 5.82 Å². The first kappa shape index (κ1) is 17.9. The summed E-state index contributed by atoms with van der Waals surface area (Å²) in [6, 6.07) is 18.3. The summed E-state index contributed by atoms with van der Waals surface area (Å²) in [5.41, 5.74) is 5.47. The predicted octanol–water partition coefficient (Wildman–Crippen LogP) is 7.41. The molecule has 0 fully saturated rings. The zero-order valence-electron chi connectivity index (χ0n) is 17.3. The molecule has 2 heterocycles. The molecule has 2 aromatic heterocycles. The minimum absolute atomic E-state index is 0.412. The molecule has 0 aliphatic heterocycles. The van der Waals surface area contributed by atoms with Crippen LogP contribution in [-0.4, -0.2) is 9.13 Å². The Morgan fingerprint density at radius 2 is 1.33 bits per heavy atom. The molecule has 2 nitrogen and oxygen atoms in total. The Kier molecular flexibility index (Phi) is 4.38. The highest BCUT2D eigenvalue weighted by atomic mass is 15.2. The van der Waals surface area contributed by atoms with E-state index < -0.39 is 0 Å². The molecule has 0 saturated heterocycles. The first-order chi connectivity index (χ1) is 12.9. The highest BCUT2D eigenvalue weighted by Crippen LogP contribution is 2.39. The summed E-state index contributed by atoms with van der Waals surface area (Å²) >= 11 is 0. The zero-order valence-corrected chi connectivity index (χ0v) is 17.3. The van der Waals surface area contributed by atoms with Crippen molar-refractivity contribution in [2.75, 3.05) is 0 Å². The van der Waals surface area contributed by atoms with Crippen molar-refractivity contribution < 1.29 is 0 Å². The van der Waals surface area contributed by atoms with Crippen molar-refractivity contribution in [2.45, 2.75) is 59.4 Å². The lowest BCUT2D eigenvalue weighted by Crippen LogP contribution is -2.10. The van der Waals surface area contributed by atoms with Crippen LogP contribution in [0.1, 0.15) is 70.5 Å². The average molecular weight is 359 g/mol. The summed E-state index contributed by atoms with van der Waals surface area (Å²) in [6.45, 7) is 13.7. The van der Waals surface area contributed by atoms with Crippen LogP contribution in [-0.2, 0) is 0 Å². The van der Waals surface area contributed by atoms with Crippen LogP contribution in [0.25, 0.3) is 27.6 Å². The molecule has 0 amide bonds. The molecule has 140 valence electrons. The minimum atomic E-state index is 0.412. The topological polar surface area (TPSA) is 9.86 Å². The van der Waals surface area contributed by atoms with Crippen LogP contribution in [0.5, 0.6) is 0 Å². The molecule has 0 spiro atoms. The lowest BCUT2D eigenvalue weighted by molar-refractivity contribution is 0.590. The minimum Gasteiger partial charge on any atom is -0.331 e. The van der Waals surface area contributed by atoms with Gasteiger partial charge in [-0.2, -0.15) is 0 Å². The first-order valence-corrected chi connectivity index (χ1v) is 10.1.